The molecule has 0 unspecified atom stereocenters. The van der Waals surface area contributed by atoms with Crippen LogP contribution in [0.25, 0.3) is 6.08 Å². The van der Waals surface area contributed by atoms with Crippen molar-refractivity contribution in [2.75, 3.05) is 24.4 Å². The van der Waals surface area contributed by atoms with Gasteiger partial charge in [-0.15, -0.1) is 0 Å². The van der Waals surface area contributed by atoms with Gasteiger partial charge in [0.15, 0.2) is 4.32 Å². The average Bonchev–Trinajstić information content (AvgIpc) is 2.84. The van der Waals surface area contributed by atoms with Crippen molar-refractivity contribution in [3.05, 3.63) is 65.1 Å². The van der Waals surface area contributed by atoms with Crippen LogP contribution >= 0.6 is 24.0 Å². The lowest BCUT2D eigenvalue weighted by Gasteiger charge is -2.16. The molecule has 1 saturated heterocycles. The van der Waals surface area contributed by atoms with Gasteiger partial charge in [0.25, 0.3) is 5.91 Å². The standard InChI is InChI=1S/C18H17N3OS2/c1-20(2)15-10-8-13(9-11-15)12-16-17(22)21(18(23)24-16)19-14-6-4-3-5-7-14/h3-12,19H,1-2H3. The number of carbonyl (C=O) groups is 1. The second-order valence-corrected chi connectivity index (χ2v) is 7.16. The predicted molar refractivity (Wildman–Crippen MR) is 106 cm³/mol. The van der Waals surface area contributed by atoms with E-state index < -0.39 is 0 Å². The van der Waals surface area contributed by atoms with Gasteiger partial charge in [-0.05, 0) is 48.1 Å². The van der Waals surface area contributed by atoms with Crippen molar-refractivity contribution in [2.24, 2.45) is 0 Å². The van der Waals surface area contributed by atoms with Gasteiger partial charge in [0.05, 0.1) is 10.6 Å². The molecule has 0 radical (unpaired) electrons. The molecule has 4 nitrogen and oxygen atoms in total. The zero-order valence-electron chi connectivity index (χ0n) is 13.4. The summed E-state index contributed by atoms with van der Waals surface area (Å²) in [7, 11) is 3.99. The van der Waals surface area contributed by atoms with Gasteiger partial charge in [-0.2, -0.15) is 0 Å². The first kappa shape index (κ1) is 16.5. The molecule has 1 heterocycles. The fourth-order valence-electron chi connectivity index (χ4n) is 2.23. The number of rotatable bonds is 4. The van der Waals surface area contributed by atoms with E-state index in [9.17, 15) is 4.79 Å². The minimum absolute atomic E-state index is 0.134. The molecule has 1 aliphatic rings. The molecule has 6 heteroatoms. The summed E-state index contributed by atoms with van der Waals surface area (Å²) in [5.74, 6) is -0.134. The van der Waals surface area contributed by atoms with E-state index in [-0.39, 0.29) is 5.91 Å². The van der Waals surface area contributed by atoms with Crippen LogP contribution in [0.15, 0.2) is 59.5 Å². The van der Waals surface area contributed by atoms with E-state index >= 15 is 0 Å². The van der Waals surface area contributed by atoms with Crippen molar-refractivity contribution in [1.29, 1.82) is 0 Å². The SMILES string of the molecule is CN(C)c1ccc(C=C2SC(=S)N(Nc3ccccc3)C2=O)cc1. The number of benzene rings is 2. The number of amides is 1. The third kappa shape index (κ3) is 3.60. The van der Waals surface area contributed by atoms with Crippen LogP contribution in [-0.2, 0) is 4.79 Å². The molecule has 122 valence electrons. The first-order chi connectivity index (χ1) is 11.5. The number of anilines is 2. The maximum Gasteiger partial charge on any atom is 0.285 e. The Morgan fingerprint density at radius 2 is 1.75 bits per heavy atom. The summed E-state index contributed by atoms with van der Waals surface area (Å²) in [5, 5.41) is 1.41. The molecule has 0 atom stereocenters. The summed E-state index contributed by atoms with van der Waals surface area (Å²) in [6.45, 7) is 0. The third-order valence-electron chi connectivity index (χ3n) is 3.52. The van der Waals surface area contributed by atoms with Crippen LogP contribution in [0.2, 0.25) is 0 Å². The predicted octanol–water partition coefficient (Wildman–Crippen LogP) is 3.98. The van der Waals surface area contributed by atoms with Crippen LogP contribution in [-0.4, -0.2) is 29.3 Å². The Hall–Kier alpha value is -2.31. The number of thioether (sulfide) groups is 1. The number of para-hydroxylation sites is 1. The largest absolute Gasteiger partial charge is 0.378 e. The number of hydrazine groups is 1. The Labute approximate surface area is 151 Å². The van der Waals surface area contributed by atoms with E-state index in [4.69, 9.17) is 12.2 Å². The van der Waals surface area contributed by atoms with Gasteiger partial charge in [0.1, 0.15) is 0 Å². The maximum atomic E-state index is 12.6. The van der Waals surface area contributed by atoms with Crippen LogP contribution in [0.3, 0.4) is 0 Å². The van der Waals surface area contributed by atoms with Gasteiger partial charge in [-0.1, -0.05) is 42.1 Å². The second kappa shape index (κ2) is 7.07. The van der Waals surface area contributed by atoms with E-state index in [0.717, 1.165) is 16.9 Å². The van der Waals surface area contributed by atoms with Crippen LogP contribution in [0, 0.1) is 0 Å². The molecule has 1 amide bonds. The first-order valence-electron chi connectivity index (χ1n) is 7.41. The summed E-state index contributed by atoms with van der Waals surface area (Å²) >= 11 is 6.63. The lowest BCUT2D eigenvalue weighted by molar-refractivity contribution is -0.121. The Morgan fingerprint density at radius 3 is 2.38 bits per heavy atom. The topological polar surface area (TPSA) is 35.6 Å². The van der Waals surface area contributed by atoms with Crippen molar-refractivity contribution in [2.45, 2.75) is 0 Å². The zero-order chi connectivity index (χ0) is 17.1. The van der Waals surface area contributed by atoms with Gasteiger partial charge in [-0.3, -0.25) is 10.2 Å². The van der Waals surface area contributed by atoms with Crippen molar-refractivity contribution in [1.82, 2.24) is 5.01 Å². The minimum atomic E-state index is -0.134. The molecule has 2 aromatic carbocycles. The number of nitrogens with zero attached hydrogens (tertiary/aromatic N) is 2. The van der Waals surface area contributed by atoms with E-state index in [1.807, 2.05) is 79.7 Å². The summed E-state index contributed by atoms with van der Waals surface area (Å²) in [5.41, 5.74) is 5.97. The smallest absolute Gasteiger partial charge is 0.285 e. The van der Waals surface area contributed by atoms with Gasteiger partial charge in [0, 0.05) is 19.8 Å². The van der Waals surface area contributed by atoms with Crippen molar-refractivity contribution in [3.8, 4) is 0 Å². The van der Waals surface area contributed by atoms with Crippen LogP contribution in [0.4, 0.5) is 11.4 Å². The van der Waals surface area contributed by atoms with E-state index in [1.54, 1.807) is 0 Å². The molecule has 2 aromatic rings. The Kier molecular flexibility index (Phi) is 4.87. The molecule has 0 spiro atoms. The summed E-state index contributed by atoms with van der Waals surface area (Å²) in [6, 6.07) is 17.5. The second-order valence-electron chi connectivity index (χ2n) is 5.48. The van der Waals surface area contributed by atoms with Gasteiger partial charge >= 0.3 is 0 Å². The quantitative estimate of drug-likeness (QED) is 0.663. The first-order valence-corrected chi connectivity index (χ1v) is 8.64. The summed E-state index contributed by atoms with van der Waals surface area (Å²) in [4.78, 5) is 15.2. The van der Waals surface area contributed by atoms with Crippen molar-refractivity contribution in [3.63, 3.8) is 0 Å². The van der Waals surface area contributed by atoms with Gasteiger partial charge in [-0.25, -0.2) is 5.01 Å². The number of carbonyl (C=O) groups excluding carboxylic acids is 1. The molecule has 0 saturated carbocycles. The summed E-state index contributed by atoms with van der Waals surface area (Å²) in [6.07, 6.45) is 1.87. The minimum Gasteiger partial charge on any atom is -0.378 e. The number of nitrogens with one attached hydrogen (secondary N) is 1. The number of thiocarbonyl (C=S) groups is 1. The molecule has 0 aromatic heterocycles. The highest BCUT2D eigenvalue weighted by atomic mass is 32.2. The Balaban J connectivity index is 1.78. The highest BCUT2D eigenvalue weighted by Gasteiger charge is 2.32. The zero-order valence-corrected chi connectivity index (χ0v) is 15.0. The lowest BCUT2D eigenvalue weighted by Crippen LogP contribution is -2.33. The van der Waals surface area contributed by atoms with E-state index in [2.05, 4.69) is 5.43 Å². The van der Waals surface area contributed by atoms with Crippen molar-refractivity contribution >= 4 is 51.7 Å². The average molecular weight is 355 g/mol. The van der Waals surface area contributed by atoms with Gasteiger partial charge in [0.2, 0.25) is 0 Å². The lowest BCUT2D eigenvalue weighted by atomic mass is 10.2. The van der Waals surface area contributed by atoms with Crippen LogP contribution < -0.4 is 10.3 Å². The van der Waals surface area contributed by atoms with Crippen LogP contribution in [0.1, 0.15) is 5.56 Å². The molecule has 1 N–H and O–H groups in total. The fourth-order valence-corrected chi connectivity index (χ4v) is 3.41. The Bertz CT molecular complexity index is 786. The van der Waals surface area contributed by atoms with Gasteiger partial charge < -0.3 is 4.90 Å². The third-order valence-corrected chi connectivity index (χ3v) is 4.82. The van der Waals surface area contributed by atoms with Crippen LogP contribution in [0.5, 0.6) is 0 Å². The van der Waals surface area contributed by atoms with E-state index in [1.165, 1.54) is 16.8 Å². The molecular formula is C18H17N3OS2. The molecule has 1 aliphatic heterocycles. The maximum absolute atomic E-state index is 12.6. The molecule has 1 fully saturated rings. The monoisotopic (exact) mass is 355 g/mol. The molecular weight excluding hydrogens is 338 g/mol. The highest BCUT2D eigenvalue weighted by molar-refractivity contribution is 8.26. The molecule has 0 bridgehead atoms. The summed E-state index contributed by atoms with van der Waals surface area (Å²) < 4.78 is 0.500. The highest BCUT2D eigenvalue weighted by Crippen LogP contribution is 2.32. The molecule has 0 aliphatic carbocycles. The number of hydrogen-bond donors (Lipinski definition) is 1. The Morgan fingerprint density at radius 1 is 1.08 bits per heavy atom. The van der Waals surface area contributed by atoms with E-state index in [0.29, 0.717) is 9.23 Å². The number of hydrogen-bond acceptors (Lipinski definition) is 5. The fraction of sp³-hybridized carbons (Fsp3) is 0.111. The van der Waals surface area contributed by atoms with Crippen molar-refractivity contribution < 1.29 is 4.79 Å². The normalized spacial score (nSPS) is 15.9. The molecule has 3 rings (SSSR count). The molecule has 24 heavy (non-hydrogen) atoms.